The Morgan fingerprint density at radius 2 is 1.77 bits per heavy atom. The van der Waals surface area contributed by atoms with Gasteiger partial charge in [-0.15, -0.1) is 17.7 Å². The molecular formula is C11H15O2-. The molecule has 1 rings (SSSR count). The van der Waals surface area contributed by atoms with Gasteiger partial charge in [-0.05, 0) is 13.8 Å². The van der Waals surface area contributed by atoms with Crippen LogP contribution in [0.2, 0.25) is 0 Å². The van der Waals surface area contributed by atoms with Crippen molar-refractivity contribution in [2.45, 2.75) is 20.0 Å². The molecule has 0 saturated heterocycles. The molecule has 2 nitrogen and oxygen atoms in total. The molecule has 0 bridgehead atoms. The van der Waals surface area contributed by atoms with Crippen molar-refractivity contribution in [3.05, 3.63) is 42.2 Å². The largest absolute Gasteiger partial charge is 0.388 e. The summed E-state index contributed by atoms with van der Waals surface area (Å²) >= 11 is 0. The van der Waals surface area contributed by atoms with Crippen LogP contribution in [0.1, 0.15) is 19.4 Å². The fourth-order valence-electron chi connectivity index (χ4n) is 1.02. The van der Waals surface area contributed by atoms with E-state index in [0.29, 0.717) is 6.29 Å². The molecule has 0 aliphatic rings. The summed E-state index contributed by atoms with van der Waals surface area (Å²) in [6.45, 7) is 3.95. The fourth-order valence-corrected chi connectivity index (χ4v) is 1.02. The van der Waals surface area contributed by atoms with Crippen LogP contribution in [0, 0.1) is 6.29 Å². The van der Waals surface area contributed by atoms with Crippen LogP contribution in [0.15, 0.2) is 30.3 Å². The number of hydrogen-bond acceptors (Lipinski definition) is 2. The number of rotatable bonds is 4. The van der Waals surface area contributed by atoms with Gasteiger partial charge in [-0.2, -0.15) is 12.1 Å². The number of ether oxygens (including phenoxy) is 2. The number of methoxy groups -OCH3 is 1. The lowest BCUT2D eigenvalue weighted by Crippen LogP contribution is -2.12. The minimum absolute atomic E-state index is 0.134. The first-order valence-electron chi connectivity index (χ1n) is 4.37. The molecule has 0 saturated carbocycles. The van der Waals surface area contributed by atoms with Crippen LogP contribution in [0.5, 0.6) is 0 Å². The monoisotopic (exact) mass is 179 g/mol. The Kier molecular flexibility index (Phi) is 3.80. The van der Waals surface area contributed by atoms with Crippen molar-refractivity contribution in [3.8, 4) is 0 Å². The normalized spacial score (nSPS) is 10.5. The number of hydrogen-bond donors (Lipinski definition) is 0. The highest BCUT2D eigenvalue weighted by molar-refractivity contribution is 5.23. The van der Waals surface area contributed by atoms with E-state index in [9.17, 15) is 0 Å². The molecule has 0 amide bonds. The second-order valence-electron chi connectivity index (χ2n) is 3.02. The van der Waals surface area contributed by atoms with Gasteiger partial charge in [0.1, 0.15) is 0 Å². The van der Waals surface area contributed by atoms with E-state index in [1.165, 1.54) is 0 Å². The Labute approximate surface area is 79.5 Å². The zero-order chi connectivity index (χ0) is 9.68. The minimum Gasteiger partial charge on any atom is -0.388 e. The Bertz CT molecular complexity index is 231. The highest BCUT2D eigenvalue weighted by Crippen LogP contribution is 2.17. The lowest BCUT2D eigenvalue weighted by molar-refractivity contribution is -0.0314. The van der Waals surface area contributed by atoms with Crippen LogP contribution in [0.25, 0.3) is 0 Å². The Morgan fingerprint density at radius 3 is 2.23 bits per heavy atom. The Balaban J connectivity index is 2.67. The van der Waals surface area contributed by atoms with Crippen LogP contribution in [-0.4, -0.2) is 13.2 Å². The van der Waals surface area contributed by atoms with Gasteiger partial charge in [0, 0.05) is 13.2 Å². The number of benzene rings is 1. The first kappa shape index (κ1) is 10.1. The molecule has 0 N–H and O–H groups in total. The maximum atomic E-state index is 5.48. The topological polar surface area (TPSA) is 18.5 Å². The summed E-state index contributed by atoms with van der Waals surface area (Å²) in [5.74, 6) is 0. The maximum absolute atomic E-state index is 5.48. The average molecular weight is 179 g/mol. The molecule has 1 aromatic carbocycles. The second-order valence-corrected chi connectivity index (χ2v) is 3.02. The molecule has 1 aromatic rings. The summed E-state index contributed by atoms with van der Waals surface area (Å²) in [4.78, 5) is 0. The highest BCUT2D eigenvalue weighted by Gasteiger charge is 2.03. The summed E-state index contributed by atoms with van der Waals surface area (Å²) < 4.78 is 10.6. The zero-order valence-corrected chi connectivity index (χ0v) is 8.28. The van der Waals surface area contributed by atoms with Crippen molar-refractivity contribution in [3.63, 3.8) is 0 Å². The first-order valence-corrected chi connectivity index (χ1v) is 4.37. The summed E-state index contributed by atoms with van der Waals surface area (Å²) in [7, 11) is 1.62. The van der Waals surface area contributed by atoms with E-state index in [2.05, 4.69) is 0 Å². The van der Waals surface area contributed by atoms with Crippen molar-refractivity contribution in [2.75, 3.05) is 7.11 Å². The van der Waals surface area contributed by atoms with Gasteiger partial charge in [-0.3, -0.25) is 0 Å². The van der Waals surface area contributed by atoms with Crippen LogP contribution >= 0.6 is 0 Å². The average Bonchev–Trinajstić information content (AvgIpc) is 2.15. The van der Waals surface area contributed by atoms with E-state index in [1.807, 2.05) is 44.2 Å². The highest BCUT2D eigenvalue weighted by atomic mass is 16.7. The predicted octanol–water partition coefficient (Wildman–Crippen LogP) is 2.60. The van der Waals surface area contributed by atoms with E-state index >= 15 is 0 Å². The third kappa shape index (κ3) is 3.09. The fraction of sp³-hybridized carbons (Fsp3) is 0.364. The van der Waals surface area contributed by atoms with Crippen molar-refractivity contribution in [1.82, 2.24) is 0 Å². The van der Waals surface area contributed by atoms with Crippen molar-refractivity contribution >= 4 is 0 Å². The molecule has 0 fully saturated rings. The van der Waals surface area contributed by atoms with Gasteiger partial charge >= 0.3 is 0 Å². The molecule has 13 heavy (non-hydrogen) atoms. The third-order valence-electron chi connectivity index (χ3n) is 1.54. The first-order chi connectivity index (χ1) is 6.24. The van der Waals surface area contributed by atoms with Gasteiger partial charge in [0.15, 0.2) is 0 Å². The smallest absolute Gasteiger partial charge is 0.0733 e. The van der Waals surface area contributed by atoms with Gasteiger partial charge in [0.25, 0.3) is 0 Å². The minimum atomic E-state index is 0.134. The predicted molar refractivity (Wildman–Crippen MR) is 52.0 cm³/mol. The van der Waals surface area contributed by atoms with E-state index < -0.39 is 0 Å². The lowest BCUT2D eigenvalue weighted by atomic mass is 10.2. The SMILES string of the molecule is CO[C-](OC(C)C)c1ccccc1. The van der Waals surface area contributed by atoms with Gasteiger partial charge in [-0.1, -0.05) is 6.07 Å². The van der Waals surface area contributed by atoms with Crippen LogP contribution in [0.3, 0.4) is 0 Å². The molecule has 0 spiro atoms. The zero-order valence-electron chi connectivity index (χ0n) is 8.28. The molecule has 72 valence electrons. The summed E-state index contributed by atoms with van der Waals surface area (Å²) in [6.07, 6.45) is 0.714. The van der Waals surface area contributed by atoms with Gasteiger partial charge in [0.2, 0.25) is 0 Å². The molecule has 0 unspecified atom stereocenters. The lowest BCUT2D eigenvalue weighted by Gasteiger charge is -2.25. The molecule has 0 atom stereocenters. The van der Waals surface area contributed by atoms with Crippen LogP contribution < -0.4 is 0 Å². The summed E-state index contributed by atoms with van der Waals surface area (Å²) in [5.41, 5.74) is 0.971. The van der Waals surface area contributed by atoms with Crippen LogP contribution in [-0.2, 0) is 9.47 Å². The third-order valence-corrected chi connectivity index (χ3v) is 1.54. The molecule has 0 aromatic heterocycles. The second kappa shape index (κ2) is 4.90. The van der Waals surface area contributed by atoms with Gasteiger partial charge in [-0.25, -0.2) is 0 Å². The van der Waals surface area contributed by atoms with Crippen LogP contribution in [0.4, 0.5) is 0 Å². The van der Waals surface area contributed by atoms with E-state index in [1.54, 1.807) is 7.11 Å². The molecule has 0 aliphatic carbocycles. The summed E-state index contributed by atoms with van der Waals surface area (Å²) in [6, 6.07) is 9.80. The summed E-state index contributed by atoms with van der Waals surface area (Å²) in [5, 5.41) is 0. The maximum Gasteiger partial charge on any atom is 0.0733 e. The molecular weight excluding hydrogens is 164 g/mol. The van der Waals surface area contributed by atoms with Gasteiger partial charge < -0.3 is 9.47 Å². The molecule has 0 aliphatic heterocycles. The van der Waals surface area contributed by atoms with Crippen molar-refractivity contribution in [1.29, 1.82) is 0 Å². The van der Waals surface area contributed by atoms with Crippen molar-refractivity contribution in [2.24, 2.45) is 0 Å². The van der Waals surface area contributed by atoms with E-state index in [4.69, 9.17) is 9.47 Å². The molecule has 0 heterocycles. The standard InChI is InChI=1S/C11H15O2/c1-9(2)13-11(12-3)10-7-5-4-6-8-10/h4-9H,1-3H3/q-1. The quantitative estimate of drug-likeness (QED) is 0.661. The Morgan fingerprint density at radius 1 is 1.15 bits per heavy atom. The molecule has 0 radical (unpaired) electrons. The van der Waals surface area contributed by atoms with Crippen molar-refractivity contribution < 1.29 is 9.47 Å². The van der Waals surface area contributed by atoms with Gasteiger partial charge in [0.05, 0.1) is 6.29 Å². The Hall–Kier alpha value is -0.990. The van der Waals surface area contributed by atoms with E-state index in [-0.39, 0.29) is 6.10 Å². The van der Waals surface area contributed by atoms with E-state index in [0.717, 1.165) is 5.56 Å². The molecule has 2 heteroatoms.